The predicted octanol–water partition coefficient (Wildman–Crippen LogP) is 1.80. The number of benzene rings is 2. The fraction of sp³-hybridized carbons (Fsp3) is 0.381. The highest BCUT2D eigenvalue weighted by Gasteiger charge is 2.22. The van der Waals surface area contributed by atoms with E-state index in [4.69, 9.17) is 14.2 Å². The van der Waals surface area contributed by atoms with Crippen molar-refractivity contribution >= 4 is 11.6 Å². The van der Waals surface area contributed by atoms with Crippen LogP contribution < -0.4 is 24.4 Å². The second-order valence-electron chi connectivity index (χ2n) is 6.45. The van der Waals surface area contributed by atoms with E-state index >= 15 is 0 Å². The number of para-hydroxylation sites is 2. The first kappa shape index (κ1) is 20.6. The zero-order valence-electron chi connectivity index (χ0n) is 16.7. The first-order valence-corrected chi connectivity index (χ1v) is 8.97. The molecule has 0 saturated carbocycles. The molecule has 2 aromatic carbocycles. The third-order valence-electron chi connectivity index (χ3n) is 4.75. The molecule has 6 nitrogen and oxygen atoms in total. The first-order valence-electron chi connectivity index (χ1n) is 8.97. The van der Waals surface area contributed by atoms with Gasteiger partial charge in [-0.2, -0.15) is 0 Å². The molecule has 0 aliphatic rings. The molecule has 2 N–H and O–H groups in total. The molecule has 0 aromatic heterocycles. The maximum atomic E-state index is 12.6. The van der Waals surface area contributed by atoms with Gasteiger partial charge in [-0.1, -0.05) is 18.2 Å². The Labute approximate surface area is 161 Å². The summed E-state index contributed by atoms with van der Waals surface area (Å²) < 4.78 is 15.9. The Balaban J connectivity index is 1.95. The average molecular weight is 373 g/mol. The smallest absolute Gasteiger partial charge is 0.282 e. The number of carbonyl (C=O) groups is 1. The van der Waals surface area contributed by atoms with Gasteiger partial charge in [0, 0.05) is 6.42 Å². The summed E-state index contributed by atoms with van der Waals surface area (Å²) in [7, 11) is 6.86. The van der Waals surface area contributed by atoms with Crippen molar-refractivity contribution < 1.29 is 23.9 Å². The minimum absolute atomic E-state index is 0.0377. The predicted molar refractivity (Wildman–Crippen MR) is 106 cm³/mol. The van der Waals surface area contributed by atoms with Crippen LogP contribution in [0.2, 0.25) is 0 Å². The van der Waals surface area contributed by atoms with Gasteiger partial charge < -0.3 is 24.4 Å². The number of nitrogens with one attached hydrogen (secondary N) is 2. The monoisotopic (exact) mass is 373 g/mol. The van der Waals surface area contributed by atoms with Crippen LogP contribution in [0.4, 0.5) is 5.69 Å². The summed E-state index contributed by atoms with van der Waals surface area (Å²) in [5, 5.41) is 2.95. The molecule has 1 unspecified atom stereocenters. The molecular weight excluding hydrogens is 344 g/mol. The van der Waals surface area contributed by atoms with Crippen molar-refractivity contribution in [3.63, 3.8) is 0 Å². The second kappa shape index (κ2) is 9.83. The molecule has 0 aliphatic carbocycles. The number of ether oxygens (including phenoxy) is 3. The molecule has 2 atom stereocenters. The first-order chi connectivity index (χ1) is 13.0. The van der Waals surface area contributed by atoms with Gasteiger partial charge in [0.05, 0.1) is 40.6 Å². The quantitative estimate of drug-likeness (QED) is 0.704. The normalized spacial score (nSPS) is 12.8. The number of hydrogen-bond acceptors (Lipinski definition) is 4. The van der Waals surface area contributed by atoms with Gasteiger partial charge in [-0.15, -0.1) is 0 Å². The number of methoxy groups -OCH3 is 3. The third kappa shape index (κ3) is 5.37. The van der Waals surface area contributed by atoms with E-state index in [-0.39, 0.29) is 11.9 Å². The summed E-state index contributed by atoms with van der Waals surface area (Å²) in [6, 6.07) is 13.1. The van der Waals surface area contributed by atoms with Gasteiger partial charge in [-0.25, -0.2) is 0 Å². The van der Waals surface area contributed by atoms with Crippen LogP contribution in [-0.2, 0) is 11.2 Å². The molecule has 2 aromatic rings. The van der Waals surface area contributed by atoms with Crippen molar-refractivity contribution in [1.82, 2.24) is 0 Å². The maximum absolute atomic E-state index is 12.6. The topological polar surface area (TPSA) is 61.2 Å². The summed E-state index contributed by atoms with van der Waals surface area (Å²) in [5.41, 5.74) is 1.83. The molecule has 0 bridgehead atoms. The molecule has 0 fully saturated rings. The highest BCUT2D eigenvalue weighted by Crippen LogP contribution is 2.27. The third-order valence-corrected chi connectivity index (χ3v) is 4.75. The van der Waals surface area contributed by atoms with Crippen LogP contribution in [0.15, 0.2) is 42.5 Å². The molecule has 2 rings (SSSR count). The molecule has 1 amide bonds. The number of hydrogen-bond donors (Lipinski definition) is 2. The summed E-state index contributed by atoms with van der Waals surface area (Å²) in [6.07, 6.45) is 0.832. The standard InChI is InChI=1S/C21H28N2O4/c1-15(21(24)22-17-8-6-7-9-18(17)25-3)23(2)13-12-16-10-11-19(26-4)20(14-16)27-5/h6-11,14-15H,12-13H2,1-5H3,(H,22,24)/p+1/t15-/m0/s1. The molecule has 0 radical (unpaired) electrons. The lowest BCUT2D eigenvalue weighted by molar-refractivity contribution is -0.893. The Kier molecular flexibility index (Phi) is 7.49. The highest BCUT2D eigenvalue weighted by atomic mass is 16.5. The van der Waals surface area contributed by atoms with Crippen molar-refractivity contribution in [1.29, 1.82) is 0 Å². The number of carbonyl (C=O) groups excluding carboxylic acids is 1. The Morgan fingerprint density at radius 1 is 1.00 bits per heavy atom. The number of anilines is 1. The molecule has 0 heterocycles. The summed E-state index contributed by atoms with van der Waals surface area (Å²) >= 11 is 0. The molecule has 27 heavy (non-hydrogen) atoms. The lowest BCUT2D eigenvalue weighted by Gasteiger charge is -2.21. The number of quaternary nitrogens is 1. The Bertz CT molecular complexity index is 764. The Morgan fingerprint density at radius 3 is 2.33 bits per heavy atom. The second-order valence-corrected chi connectivity index (χ2v) is 6.45. The number of rotatable bonds is 9. The van der Waals surface area contributed by atoms with Gasteiger partial charge in [-0.3, -0.25) is 4.79 Å². The largest absolute Gasteiger partial charge is 0.495 e. The zero-order valence-corrected chi connectivity index (χ0v) is 16.7. The van der Waals surface area contributed by atoms with Crippen LogP contribution in [0.5, 0.6) is 17.2 Å². The fourth-order valence-corrected chi connectivity index (χ4v) is 2.81. The van der Waals surface area contributed by atoms with E-state index in [2.05, 4.69) is 5.32 Å². The van der Waals surface area contributed by atoms with Crippen molar-refractivity contribution in [2.75, 3.05) is 40.2 Å². The van der Waals surface area contributed by atoms with Crippen molar-refractivity contribution in [3.8, 4) is 17.2 Å². The van der Waals surface area contributed by atoms with E-state index in [1.165, 1.54) is 0 Å². The molecule has 0 saturated heterocycles. The summed E-state index contributed by atoms with van der Waals surface area (Å²) in [5.74, 6) is 2.05. The van der Waals surface area contributed by atoms with Gasteiger partial charge in [0.1, 0.15) is 5.75 Å². The van der Waals surface area contributed by atoms with Crippen LogP contribution in [-0.4, -0.2) is 46.9 Å². The summed E-state index contributed by atoms with van der Waals surface area (Å²) in [6.45, 7) is 2.74. The van der Waals surface area contributed by atoms with E-state index in [9.17, 15) is 4.79 Å². The van der Waals surface area contributed by atoms with E-state index in [0.717, 1.165) is 29.2 Å². The van der Waals surface area contributed by atoms with Crippen LogP contribution >= 0.6 is 0 Å². The minimum atomic E-state index is -0.199. The van der Waals surface area contributed by atoms with Crippen molar-refractivity contribution in [2.45, 2.75) is 19.4 Å². The zero-order chi connectivity index (χ0) is 19.8. The Hall–Kier alpha value is -2.73. The van der Waals surface area contributed by atoms with Gasteiger partial charge >= 0.3 is 0 Å². The molecule has 146 valence electrons. The van der Waals surface area contributed by atoms with Crippen LogP contribution in [0, 0.1) is 0 Å². The Morgan fingerprint density at radius 2 is 1.67 bits per heavy atom. The van der Waals surface area contributed by atoms with E-state index in [0.29, 0.717) is 17.2 Å². The number of likely N-dealkylation sites (N-methyl/N-ethyl adjacent to an activating group) is 1. The fourth-order valence-electron chi connectivity index (χ4n) is 2.81. The minimum Gasteiger partial charge on any atom is -0.495 e. The summed E-state index contributed by atoms with van der Waals surface area (Å²) in [4.78, 5) is 13.7. The van der Waals surface area contributed by atoms with E-state index < -0.39 is 0 Å². The van der Waals surface area contributed by atoms with E-state index in [1.807, 2.05) is 56.4 Å². The molecule has 0 spiro atoms. The van der Waals surface area contributed by atoms with Gasteiger partial charge in [0.15, 0.2) is 17.5 Å². The van der Waals surface area contributed by atoms with E-state index in [1.54, 1.807) is 21.3 Å². The molecule has 0 aliphatic heterocycles. The average Bonchev–Trinajstić information content (AvgIpc) is 2.71. The number of amides is 1. The maximum Gasteiger partial charge on any atom is 0.282 e. The van der Waals surface area contributed by atoms with Gasteiger partial charge in [0.2, 0.25) is 0 Å². The van der Waals surface area contributed by atoms with Gasteiger partial charge in [0.25, 0.3) is 5.91 Å². The molecule has 6 heteroatoms. The van der Waals surface area contributed by atoms with Crippen LogP contribution in [0.3, 0.4) is 0 Å². The van der Waals surface area contributed by atoms with Crippen molar-refractivity contribution in [2.24, 2.45) is 0 Å². The lowest BCUT2D eigenvalue weighted by Crippen LogP contribution is -3.14. The molecular formula is C21H29N2O4+. The van der Waals surface area contributed by atoms with Gasteiger partial charge in [-0.05, 0) is 36.8 Å². The van der Waals surface area contributed by atoms with Crippen molar-refractivity contribution in [3.05, 3.63) is 48.0 Å². The van der Waals surface area contributed by atoms with Crippen LogP contribution in [0.25, 0.3) is 0 Å². The lowest BCUT2D eigenvalue weighted by atomic mass is 10.1. The van der Waals surface area contributed by atoms with Crippen LogP contribution in [0.1, 0.15) is 12.5 Å². The highest BCUT2D eigenvalue weighted by molar-refractivity contribution is 5.94. The SMILES string of the molecule is COc1ccccc1NC(=O)[C@H](C)[NH+](C)CCc1ccc(OC)c(OC)c1.